The smallest absolute Gasteiger partial charge is 0.381 e. The monoisotopic (exact) mass is 182 g/mol. The second kappa shape index (κ2) is 3.62. The molecule has 1 saturated heterocycles. The van der Waals surface area contributed by atoms with Gasteiger partial charge in [0.1, 0.15) is 7.11 Å². The van der Waals surface area contributed by atoms with E-state index in [2.05, 4.69) is 11.8 Å². The zero-order chi connectivity index (χ0) is 9.19. The molecule has 0 spiro atoms. The summed E-state index contributed by atoms with van der Waals surface area (Å²) in [6.07, 6.45) is -5.94. The summed E-state index contributed by atoms with van der Waals surface area (Å²) in [7, 11) is 4.56. The minimum absolute atomic E-state index is 0.0708. The van der Waals surface area contributed by atoms with E-state index in [1.165, 1.54) is 0 Å². The molecular weight excluding hydrogens is 173 g/mol. The fourth-order valence-electron chi connectivity index (χ4n) is 1.25. The highest BCUT2D eigenvalue weighted by Gasteiger charge is 2.46. The van der Waals surface area contributed by atoms with Gasteiger partial charge in [-0.05, 0) is 6.42 Å². The molecule has 0 aliphatic carbocycles. The zero-order valence-electron chi connectivity index (χ0n) is 6.30. The van der Waals surface area contributed by atoms with Gasteiger partial charge in [0.2, 0.25) is 0 Å². The van der Waals surface area contributed by atoms with Gasteiger partial charge in [-0.3, -0.25) is 0 Å². The maximum absolute atomic E-state index is 12.1. The van der Waals surface area contributed by atoms with Crippen molar-refractivity contribution < 1.29 is 22.6 Å². The first-order valence-corrected chi connectivity index (χ1v) is 3.55. The van der Waals surface area contributed by atoms with Crippen LogP contribution in [-0.4, -0.2) is 25.5 Å². The number of rotatable bonds is 2. The first-order valence-electron chi connectivity index (χ1n) is 3.55. The van der Waals surface area contributed by atoms with Gasteiger partial charge in [0.15, 0.2) is 6.10 Å². The van der Waals surface area contributed by atoms with Crippen LogP contribution in [0.4, 0.5) is 13.2 Å². The Balaban J connectivity index is 2.54. The molecule has 5 heteroatoms. The highest BCUT2D eigenvalue weighted by Crippen LogP contribution is 2.32. The Morgan fingerprint density at radius 1 is 1.50 bits per heavy atom. The molecule has 0 N–H and O–H groups in total. The van der Waals surface area contributed by atoms with Gasteiger partial charge in [-0.25, -0.2) is 0 Å². The van der Waals surface area contributed by atoms with Gasteiger partial charge in [0.25, 0.3) is 0 Å². The Morgan fingerprint density at radius 3 is 2.50 bits per heavy atom. The van der Waals surface area contributed by atoms with Crippen LogP contribution in [0.5, 0.6) is 0 Å². The molecule has 0 aromatic carbocycles. The molecule has 12 heavy (non-hydrogen) atoms. The van der Waals surface area contributed by atoms with Crippen molar-refractivity contribution in [3.63, 3.8) is 0 Å². The van der Waals surface area contributed by atoms with Crippen molar-refractivity contribution in [1.29, 1.82) is 0 Å². The van der Waals surface area contributed by atoms with Crippen LogP contribution in [0, 0.1) is 13.0 Å². The Bertz CT molecular complexity index is 140. The second-order valence-corrected chi connectivity index (χ2v) is 2.72. The summed E-state index contributed by atoms with van der Waals surface area (Å²) in [5.41, 5.74) is 0. The lowest BCUT2D eigenvalue weighted by Crippen LogP contribution is -2.37. The van der Waals surface area contributed by atoms with Crippen LogP contribution < -0.4 is 0 Å². The Labute approximate surface area is 68.6 Å². The highest BCUT2D eigenvalue weighted by molar-refractivity contribution is 4.79. The number of halogens is 3. The van der Waals surface area contributed by atoms with Gasteiger partial charge in [-0.2, -0.15) is 13.2 Å². The summed E-state index contributed by atoms with van der Waals surface area (Å²) in [4.78, 5) is 0. The molecule has 0 aromatic heterocycles. The molecule has 70 valence electrons. The lowest BCUT2D eigenvalue weighted by atomic mass is 10.0. The molecule has 2 nitrogen and oxygen atoms in total. The lowest BCUT2D eigenvalue weighted by molar-refractivity contribution is -0.222. The van der Waals surface area contributed by atoms with Crippen molar-refractivity contribution in [2.75, 3.05) is 13.2 Å². The van der Waals surface area contributed by atoms with Gasteiger partial charge in [-0.15, -0.1) is 0 Å². The van der Waals surface area contributed by atoms with Gasteiger partial charge >= 0.3 is 6.18 Å². The quantitative estimate of drug-likeness (QED) is 0.646. The van der Waals surface area contributed by atoms with Crippen LogP contribution in [0.25, 0.3) is 0 Å². The number of hydrogen-bond acceptors (Lipinski definition) is 2. The van der Waals surface area contributed by atoms with Gasteiger partial charge < -0.3 is 9.47 Å². The Kier molecular flexibility index (Phi) is 2.95. The Hall–Kier alpha value is -0.290. The van der Waals surface area contributed by atoms with E-state index >= 15 is 0 Å². The SMILES string of the molecule is [CH]OC(C1CCOC1)C(F)(F)F. The summed E-state index contributed by atoms with van der Waals surface area (Å²) in [6, 6.07) is 0. The lowest BCUT2D eigenvalue weighted by Gasteiger charge is -2.22. The maximum Gasteiger partial charge on any atom is 0.415 e. The molecule has 2 radical (unpaired) electrons. The van der Waals surface area contributed by atoms with Crippen molar-refractivity contribution in [2.24, 2.45) is 5.92 Å². The molecule has 0 amide bonds. The van der Waals surface area contributed by atoms with Crippen molar-refractivity contribution in [3.05, 3.63) is 7.11 Å². The van der Waals surface area contributed by atoms with Gasteiger partial charge in [-0.1, -0.05) is 0 Å². The van der Waals surface area contributed by atoms with Crippen LogP contribution in [0.3, 0.4) is 0 Å². The topological polar surface area (TPSA) is 18.5 Å². The number of alkyl halides is 3. The van der Waals surface area contributed by atoms with Crippen LogP contribution in [0.1, 0.15) is 6.42 Å². The van der Waals surface area contributed by atoms with E-state index in [1.807, 2.05) is 0 Å². The molecule has 1 heterocycles. The van der Waals surface area contributed by atoms with Crippen LogP contribution in [0.15, 0.2) is 0 Å². The highest BCUT2D eigenvalue weighted by atomic mass is 19.4. The van der Waals surface area contributed by atoms with E-state index in [0.717, 1.165) is 0 Å². The molecule has 1 fully saturated rings. The van der Waals surface area contributed by atoms with Crippen molar-refractivity contribution >= 4 is 0 Å². The van der Waals surface area contributed by atoms with Gasteiger partial charge in [0, 0.05) is 12.5 Å². The summed E-state index contributed by atoms with van der Waals surface area (Å²) in [5.74, 6) is -0.657. The van der Waals surface area contributed by atoms with E-state index < -0.39 is 18.2 Å². The summed E-state index contributed by atoms with van der Waals surface area (Å²) < 4.78 is 45.0. The summed E-state index contributed by atoms with van der Waals surface area (Å²) >= 11 is 0. The van der Waals surface area contributed by atoms with Crippen LogP contribution in [-0.2, 0) is 9.47 Å². The van der Waals surface area contributed by atoms with Crippen molar-refractivity contribution in [3.8, 4) is 0 Å². The van der Waals surface area contributed by atoms with E-state index in [0.29, 0.717) is 13.0 Å². The maximum atomic E-state index is 12.1. The summed E-state index contributed by atoms with van der Waals surface area (Å²) in [5, 5.41) is 0. The number of ether oxygens (including phenoxy) is 2. The van der Waals surface area contributed by atoms with Crippen LogP contribution in [0.2, 0.25) is 0 Å². The largest absolute Gasteiger partial charge is 0.415 e. The van der Waals surface area contributed by atoms with Gasteiger partial charge in [0.05, 0.1) is 6.61 Å². The van der Waals surface area contributed by atoms with Crippen LogP contribution >= 0.6 is 0 Å². The van der Waals surface area contributed by atoms with E-state index in [9.17, 15) is 13.2 Å². The second-order valence-electron chi connectivity index (χ2n) is 2.72. The minimum atomic E-state index is -4.40. The average molecular weight is 182 g/mol. The third-order valence-electron chi connectivity index (χ3n) is 1.86. The first kappa shape index (κ1) is 9.80. The Morgan fingerprint density at radius 2 is 2.17 bits per heavy atom. The third kappa shape index (κ3) is 2.10. The molecule has 2 unspecified atom stereocenters. The average Bonchev–Trinajstić information content (AvgIpc) is 2.38. The molecule has 0 aromatic rings. The molecule has 0 bridgehead atoms. The molecular formula is C7H9F3O2. The van der Waals surface area contributed by atoms with E-state index in [1.54, 1.807) is 0 Å². The zero-order valence-corrected chi connectivity index (χ0v) is 6.30. The predicted molar refractivity (Wildman–Crippen MR) is 34.2 cm³/mol. The normalized spacial score (nSPS) is 27.5. The third-order valence-corrected chi connectivity index (χ3v) is 1.86. The summed E-state index contributed by atoms with van der Waals surface area (Å²) in [6.45, 7) is 0.419. The van der Waals surface area contributed by atoms with E-state index in [4.69, 9.17) is 4.74 Å². The fourth-order valence-corrected chi connectivity index (χ4v) is 1.25. The van der Waals surface area contributed by atoms with Crippen molar-refractivity contribution in [2.45, 2.75) is 18.7 Å². The molecule has 0 saturated carbocycles. The molecule has 2 atom stereocenters. The molecule has 1 aliphatic heterocycles. The van der Waals surface area contributed by atoms with Crippen molar-refractivity contribution in [1.82, 2.24) is 0 Å². The first-order chi connectivity index (χ1) is 5.55. The van der Waals surface area contributed by atoms with E-state index in [-0.39, 0.29) is 6.61 Å². The minimum Gasteiger partial charge on any atom is -0.381 e. The number of hydrogen-bond donors (Lipinski definition) is 0. The molecule has 1 aliphatic rings. The predicted octanol–water partition coefficient (Wildman–Crippen LogP) is 1.64. The standard InChI is InChI=1S/C7H9F3O2/c1-11-6(7(8,9)10)5-2-3-12-4-5/h1,5-6H,2-4H2. The molecule has 1 rings (SSSR count). The fraction of sp³-hybridized carbons (Fsp3) is 0.857.